The fourth-order valence-electron chi connectivity index (χ4n) is 2.19. The van der Waals surface area contributed by atoms with Crippen molar-refractivity contribution in [1.82, 2.24) is 0 Å². The largest absolute Gasteiger partial charge is 0.493 e. The summed E-state index contributed by atoms with van der Waals surface area (Å²) in [5, 5.41) is 0. The van der Waals surface area contributed by atoms with Gasteiger partial charge in [0.25, 0.3) is 0 Å². The fourth-order valence-corrected chi connectivity index (χ4v) is 2.19. The van der Waals surface area contributed by atoms with Crippen LogP contribution in [0.1, 0.15) is 56.0 Å². The number of rotatable bonds is 5. The van der Waals surface area contributed by atoms with Crippen LogP contribution in [0.2, 0.25) is 0 Å². The highest BCUT2D eigenvalue weighted by atomic mass is 16.6. The molecule has 0 aliphatic rings. The number of benzene rings is 2. The molecule has 3 nitrogen and oxygen atoms in total. The normalized spacial score (nSPS) is 11.0. The summed E-state index contributed by atoms with van der Waals surface area (Å²) in [6.45, 7) is 8.21. The van der Waals surface area contributed by atoms with Gasteiger partial charge in [-0.2, -0.15) is 0 Å². The zero-order valence-electron chi connectivity index (χ0n) is 14.6. The molecule has 0 radical (unpaired) electrons. The highest BCUT2D eigenvalue weighted by molar-refractivity contribution is 5.93. The minimum absolute atomic E-state index is 0.311. The van der Waals surface area contributed by atoms with Gasteiger partial charge in [0.15, 0.2) is 11.5 Å². The summed E-state index contributed by atoms with van der Waals surface area (Å²) in [5.41, 5.74) is 1.62. The van der Waals surface area contributed by atoms with Crippen LogP contribution in [0.4, 0.5) is 0 Å². The Hall–Kier alpha value is -2.29. The standard InChI is InChI=1S/C18H20O3.C2H6/c1-4-13(2)14-9-5-6-10-15(14)18(19)21-17-12-8-7-11-16(17)20-3;1-2/h5-13H,4H2,1-3H3;1-2H3. The molecule has 0 amide bonds. The maximum atomic E-state index is 12.4. The van der Waals surface area contributed by atoms with E-state index in [4.69, 9.17) is 9.47 Å². The molecule has 3 heteroatoms. The van der Waals surface area contributed by atoms with Crippen molar-refractivity contribution in [1.29, 1.82) is 0 Å². The van der Waals surface area contributed by atoms with E-state index in [9.17, 15) is 4.79 Å². The smallest absolute Gasteiger partial charge is 0.343 e. The molecule has 0 spiro atoms. The van der Waals surface area contributed by atoms with Crippen molar-refractivity contribution in [3.8, 4) is 11.5 Å². The number of hydrogen-bond donors (Lipinski definition) is 0. The van der Waals surface area contributed by atoms with Crippen LogP contribution in [-0.4, -0.2) is 13.1 Å². The Morgan fingerprint density at radius 1 is 1.00 bits per heavy atom. The number of methoxy groups -OCH3 is 1. The van der Waals surface area contributed by atoms with Gasteiger partial charge in [0.1, 0.15) is 0 Å². The van der Waals surface area contributed by atoms with Gasteiger partial charge in [0, 0.05) is 0 Å². The van der Waals surface area contributed by atoms with Gasteiger partial charge in [-0.15, -0.1) is 0 Å². The molecule has 1 atom stereocenters. The molecule has 0 N–H and O–H groups in total. The van der Waals surface area contributed by atoms with Gasteiger partial charge in [0.2, 0.25) is 0 Å². The topological polar surface area (TPSA) is 35.5 Å². The maximum absolute atomic E-state index is 12.4. The molecule has 0 fully saturated rings. The monoisotopic (exact) mass is 314 g/mol. The predicted molar refractivity (Wildman–Crippen MR) is 94.4 cm³/mol. The Morgan fingerprint density at radius 3 is 2.17 bits per heavy atom. The van der Waals surface area contributed by atoms with Crippen LogP contribution in [0.5, 0.6) is 11.5 Å². The van der Waals surface area contributed by atoms with Gasteiger partial charge in [-0.3, -0.25) is 0 Å². The fraction of sp³-hybridized carbons (Fsp3) is 0.350. The molecule has 0 saturated carbocycles. The molecule has 0 heterocycles. The van der Waals surface area contributed by atoms with E-state index in [1.807, 2.05) is 44.2 Å². The molecule has 1 unspecified atom stereocenters. The summed E-state index contributed by atoms with van der Waals surface area (Å²) in [6, 6.07) is 14.7. The summed E-state index contributed by atoms with van der Waals surface area (Å²) in [5.74, 6) is 0.942. The van der Waals surface area contributed by atoms with Gasteiger partial charge in [-0.1, -0.05) is 58.0 Å². The van der Waals surface area contributed by atoms with E-state index in [1.54, 1.807) is 25.3 Å². The van der Waals surface area contributed by atoms with Crippen LogP contribution in [-0.2, 0) is 0 Å². The summed E-state index contributed by atoms with van der Waals surface area (Å²) in [6.07, 6.45) is 0.971. The Labute approximate surface area is 139 Å². The van der Waals surface area contributed by atoms with E-state index in [-0.39, 0.29) is 5.97 Å². The predicted octanol–water partition coefficient (Wildman–Crippen LogP) is 5.45. The van der Waals surface area contributed by atoms with E-state index < -0.39 is 0 Å². The van der Waals surface area contributed by atoms with Crippen LogP contribution in [0.3, 0.4) is 0 Å². The molecule has 0 aliphatic heterocycles. The molecule has 0 aromatic heterocycles. The van der Waals surface area contributed by atoms with Crippen molar-refractivity contribution < 1.29 is 14.3 Å². The van der Waals surface area contributed by atoms with Gasteiger partial charge in [0.05, 0.1) is 12.7 Å². The minimum Gasteiger partial charge on any atom is -0.493 e. The van der Waals surface area contributed by atoms with Gasteiger partial charge in [-0.25, -0.2) is 4.79 Å². The average Bonchev–Trinajstić information content (AvgIpc) is 2.63. The molecule has 2 rings (SSSR count). The molecule has 2 aromatic rings. The second-order valence-corrected chi connectivity index (χ2v) is 4.94. The third kappa shape index (κ3) is 4.85. The SMILES string of the molecule is CC.CCC(C)c1ccccc1C(=O)Oc1ccccc1OC. The average molecular weight is 314 g/mol. The first-order chi connectivity index (χ1) is 11.2. The Kier molecular flexibility index (Phi) is 7.89. The van der Waals surface area contributed by atoms with Crippen molar-refractivity contribution in [3.05, 3.63) is 59.7 Å². The van der Waals surface area contributed by atoms with E-state index in [0.29, 0.717) is 23.0 Å². The van der Waals surface area contributed by atoms with Crippen molar-refractivity contribution in [2.75, 3.05) is 7.11 Å². The summed E-state index contributed by atoms with van der Waals surface area (Å²) < 4.78 is 10.7. The second-order valence-electron chi connectivity index (χ2n) is 4.94. The lowest BCUT2D eigenvalue weighted by Gasteiger charge is -2.14. The highest BCUT2D eigenvalue weighted by Crippen LogP contribution is 2.28. The zero-order valence-corrected chi connectivity index (χ0v) is 14.6. The van der Waals surface area contributed by atoms with Crippen molar-refractivity contribution in [2.45, 2.75) is 40.0 Å². The van der Waals surface area contributed by atoms with Crippen LogP contribution >= 0.6 is 0 Å². The molecular weight excluding hydrogens is 288 g/mol. The number of ether oxygens (including phenoxy) is 2. The number of esters is 1. The number of carbonyl (C=O) groups is 1. The van der Waals surface area contributed by atoms with Crippen LogP contribution < -0.4 is 9.47 Å². The van der Waals surface area contributed by atoms with E-state index in [2.05, 4.69) is 13.8 Å². The lowest BCUT2D eigenvalue weighted by Crippen LogP contribution is -2.13. The van der Waals surface area contributed by atoms with Crippen LogP contribution in [0.15, 0.2) is 48.5 Å². The molecule has 2 aromatic carbocycles. The van der Waals surface area contributed by atoms with E-state index in [0.717, 1.165) is 12.0 Å². The highest BCUT2D eigenvalue weighted by Gasteiger charge is 2.17. The first kappa shape index (κ1) is 18.8. The van der Waals surface area contributed by atoms with Gasteiger partial charge >= 0.3 is 5.97 Å². The van der Waals surface area contributed by atoms with E-state index in [1.165, 1.54) is 0 Å². The van der Waals surface area contributed by atoms with Crippen molar-refractivity contribution in [2.24, 2.45) is 0 Å². The van der Waals surface area contributed by atoms with Crippen molar-refractivity contribution in [3.63, 3.8) is 0 Å². The number of para-hydroxylation sites is 2. The molecule has 23 heavy (non-hydrogen) atoms. The van der Waals surface area contributed by atoms with Crippen molar-refractivity contribution >= 4 is 5.97 Å². The third-order valence-corrected chi connectivity index (χ3v) is 3.60. The van der Waals surface area contributed by atoms with Gasteiger partial charge < -0.3 is 9.47 Å². The Bertz CT molecular complexity index is 620. The zero-order chi connectivity index (χ0) is 17.2. The number of carbonyl (C=O) groups excluding carboxylic acids is 1. The minimum atomic E-state index is -0.351. The third-order valence-electron chi connectivity index (χ3n) is 3.60. The molecule has 124 valence electrons. The Balaban J connectivity index is 0.00000127. The molecule has 0 bridgehead atoms. The number of hydrogen-bond acceptors (Lipinski definition) is 3. The lowest BCUT2D eigenvalue weighted by molar-refractivity contribution is 0.0728. The summed E-state index contributed by atoms with van der Waals surface area (Å²) >= 11 is 0. The molecule has 0 aliphatic carbocycles. The van der Waals surface area contributed by atoms with Gasteiger partial charge in [-0.05, 0) is 36.1 Å². The lowest BCUT2D eigenvalue weighted by atomic mass is 9.94. The summed E-state index contributed by atoms with van der Waals surface area (Å²) in [7, 11) is 1.56. The van der Waals surface area contributed by atoms with E-state index >= 15 is 0 Å². The first-order valence-electron chi connectivity index (χ1n) is 8.11. The van der Waals surface area contributed by atoms with Crippen LogP contribution in [0.25, 0.3) is 0 Å². The quantitative estimate of drug-likeness (QED) is 0.543. The second kappa shape index (κ2) is 9.67. The first-order valence-corrected chi connectivity index (χ1v) is 8.11. The van der Waals surface area contributed by atoms with Crippen LogP contribution in [0, 0.1) is 0 Å². The Morgan fingerprint density at radius 2 is 1.57 bits per heavy atom. The molecule has 0 saturated heterocycles. The maximum Gasteiger partial charge on any atom is 0.343 e. The summed E-state index contributed by atoms with van der Waals surface area (Å²) in [4.78, 5) is 12.4. The molecular formula is C20H26O3.